The van der Waals surface area contributed by atoms with E-state index in [2.05, 4.69) is 21.2 Å². The van der Waals surface area contributed by atoms with Crippen molar-refractivity contribution in [2.75, 3.05) is 13.2 Å². The third-order valence-corrected chi connectivity index (χ3v) is 3.97. The van der Waals surface area contributed by atoms with E-state index < -0.39 is 0 Å². The van der Waals surface area contributed by atoms with Gasteiger partial charge < -0.3 is 14.8 Å². The molecule has 2 N–H and O–H groups in total. The number of furan rings is 1. The highest BCUT2D eigenvalue weighted by Crippen LogP contribution is 2.27. The number of halogens is 1. The molecule has 0 saturated heterocycles. The van der Waals surface area contributed by atoms with Crippen LogP contribution < -0.4 is 5.32 Å². The molecule has 0 aliphatic heterocycles. The Morgan fingerprint density at radius 1 is 1.29 bits per heavy atom. The van der Waals surface area contributed by atoms with Crippen molar-refractivity contribution in [3.8, 4) is 0 Å². The number of aliphatic hydroxyl groups excluding tert-OH is 1. The number of unbranched alkanes of at least 4 members (excludes halogenated alkanes) is 3. The van der Waals surface area contributed by atoms with Crippen molar-refractivity contribution < 1.29 is 14.3 Å². The van der Waals surface area contributed by atoms with Crippen molar-refractivity contribution in [1.82, 2.24) is 5.32 Å². The molecule has 0 radical (unpaired) electrons. The topological polar surface area (TPSA) is 62.5 Å². The van der Waals surface area contributed by atoms with Gasteiger partial charge in [-0.1, -0.05) is 28.8 Å². The highest BCUT2D eigenvalue weighted by atomic mass is 79.9. The smallest absolute Gasteiger partial charge is 0.287 e. The van der Waals surface area contributed by atoms with E-state index >= 15 is 0 Å². The number of rotatable bonds is 7. The van der Waals surface area contributed by atoms with Gasteiger partial charge in [-0.05, 0) is 38.0 Å². The summed E-state index contributed by atoms with van der Waals surface area (Å²) in [5.74, 6) is 0.223. The molecule has 0 aliphatic rings. The Hall–Kier alpha value is -1.33. The third kappa shape index (κ3) is 4.08. The molecule has 0 spiro atoms. The Morgan fingerprint density at radius 2 is 2.05 bits per heavy atom. The standard InChI is InChI=1S/C16H20BrNO3/c1-11-13-10-12(17)6-7-14(13)21-15(11)16(20)18-8-4-2-3-5-9-19/h6-7,10,19H,2-5,8-9H2,1H3,(H,18,20). The Balaban J connectivity index is 1.95. The molecule has 0 bridgehead atoms. The van der Waals surface area contributed by atoms with E-state index in [1.165, 1.54) is 0 Å². The minimum atomic E-state index is -0.165. The highest BCUT2D eigenvalue weighted by molar-refractivity contribution is 9.10. The van der Waals surface area contributed by atoms with Crippen molar-refractivity contribution in [2.24, 2.45) is 0 Å². The van der Waals surface area contributed by atoms with Crippen LogP contribution in [0.15, 0.2) is 27.1 Å². The van der Waals surface area contributed by atoms with E-state index in [0.29, 0.717) is 12.3 Å². The molecule has 0 fully saturated rings. The summed E-state index contributed by atoms with van der Waals surface area (Å²) in [6.07, 6.45) is 3.74. The Morgan fingerprint density at radius 3 is 2.81 bits per heavy atom. The molecule has 114 valence electrons. The second-order valence-corrected chi connectivity index (χ2v) is 6.01. The summed E-state index contributed by atoms with van der Waals surface area (Å²) in [6, 6.07) is 5.71. The van der Waals surface area contributed by atoms with Gasteiger partial charge in [0.1, 0.15) is 5.58 Å². The molecule has 21 heavy (non-hydrogen) atoms. The van der Waals surface area contributed by atoms with Crippen molar-refractivity contribution in [2.45, 2.75) is 32.6 Å². The van der Waals surface area contributed by atoms with E-state index in [4.69, 9.17) is 9.52 Å². The summed E-state index contributed by atoms with van der Waals surface area (Å²) in [4.78, 5) is 12.2. The summed E-state index contributed by atoms with van der Waals surface area (Å²) in [5.41, 5.74) is 1.59. The Kier molecular flexibility index (Phi) is 5.82. The van der Waals surface area contributed by atoms with Gasteiger partial charge in [0.2, 0.25) is 0 Å². The fourth-order valence-corrected chi connectivity index (χ4v) is 2.64. The largest absolute Gasteiger partial charge is 0.451 e. The molecule has 0 unspecified atom stereocenters. The number of carbonyl (C=O) groups excluding carboxylic acids is 1. The lowest BCUT2D eigenvalue weighted by Crippen LogP contribution is -2.24. The van der Waals surface area contributed by atoms with Crippen molar-refractivity contribution >= 4 is 32.8 Å². The van der Waals surface area contributed by atoms with Crippen LogP contribution in [0.1, 0.15) is 41.8 Å². The number of aliphatic hydroxyl groups is 1. The van der Waals surface area contributed by atoms with Gasteiger partial charge in [0.25, 0.3) is 5.91 Å². The van der Waals surface area contributed by atoms with Gasteiger partial charge in [-0.25, -0.2) is 0 Å². The van der Waals surface area contributed by atoms with Gasteiger partial charge in [0.05, 0.1) is 0 Å². The van der Waals surface area contributed by atoms with Crippen molar-refractivity contribution in [1.29, 1.82) is 0 Å². The lowest BCUT2D eigenvalue weighted by molar-refractivity contribution is 0.0926. The zero-order valence-electron chi connectivity index (χ0n) is 12.1. The van der Waals surface area contributed by atoms with Gasteiger partial charge in [-0.3, -0.25) is 4.79 Å². The first-order valence-electron chi connectivity index (χ1n) is 7.21. The zero-order chi connectivity index (χ0) is 15.2. The summed E-state index contributed by atoms with van der Waals surface area (Å²) < 4.78 is 6.61. The molecule has 4 nitrogen and oxygen atoms in total. The van der Waals surface area contributed by atoms with E-state index in [1.807, 2.05) is 25.1 Å². The lowest BCUT2D eigenvalue weighted by Gasteiger charge is -2.03. The van der Waals surface area contributed by atoms with E-state index in [0.717, 1.165) is 46.7 Å². The van der Waals surface area contributed by atoms with Crippen LogP contribution in [-0.4, -0.2) is 24.2 Å². The average molecular weight is 354 g/mol. The molecule has 1 aromatic carbocycles. The quantitative estimate of drug-likeness (QED) is 0.744. The zero-order valence-corrected chi connectivity index (χ0v) is 13.7. The Labute approximate surface area is 132 Å². The van der Waals surface area contributed by atoms with Gasteiger partial charge in [-0.2, -0.15) is 0 Å². The molecule has 2 aromatic rings. The number of hydrogen-bond acceptors (Lipinski definition) is 3. The predicted octanol–water partition coefficient (Wildman–Crippen LogP) is 3.79. The number of aryl methyl sites for hydroxylation is 1. The maximum Gasteiger partial charge on any atom is 0.287 e. The Bertz CT molecular complexity index is 621. The van der Waals surface area contributed by atoms with E-state index in [9.17, 15) is 4.79 Å². The number of carbonyl (C=O) groups is 1. The van der Waals surface area contributed by atoms with Gasteiger partial charge >= 0.3 is 0 Å². The fraction of sp³-hybridized carbons (Fsp3) is 0.438. The summed E-state index contributed by atoms with van der Waals surface area (Å²) in [6.45, 7) is 2.76. The molecular weight excluding hydrogens is 334 g/mol. The molecule has 1 heterocycles. The first-order valence-corrected chi connectivity index (χ1v) is 8.00. The molecule has 0 atom stereocenters. The average Bonchev–Trinajstić information content (AvgIpc) is 2.79. The van der Waals surface area contributed by atoms with Gasteiger partial charge in [-0.15, -0.1) is 0 Å². The first-order chi connectivity index (χ1) is 10.1. The van der Waals surface area contributed by atoms with E-state index in [1.54, 1.807) is 0 Å². The highest BCUT2D eigenvalue weighted by Gasteiger charge is 2.17. The molecule has 1 amide bonds. The molecule has 0 aliphatic carbocycles. The van der Waals surface area contributed by atoms with Crippen LogP contribution in [-0.2, 0) is 0 Å². The van der Waals surface area contributed by atoms with Crippen LogP contribution in [0.5, 0.6) is 0 Å². The second-order valence-electron chi connectivity index (χ2n) is 5.09. The van der Waals surface area contributed by atoms with Crippen molar-refractivity contribution in [3.63, 3.8) is 0 Å². The minimum Gasteiger partial charge on any atom is -0.451 e. The number of fused-ring (bicyclic) bond motifs is 1. The van der Waals surface area contributed by atoms with Crippen LogP contribution in [0.4, 0.5) is 0 Å². The molecule has 5 heteroatoms. The van der Waals surface area contributed by atoms with Crippen LogP contribution in [0.2, 0.25) is 0 Å². The first kappa shape index (κ1) is 16.0. The maximum absolute atomic E-state index is 12.2. The number of nitrogens with one attached hydrogen (secondary N) is 1. The maximum atomic E-state index is 12.2. The molecule has 1 aromatic heterocycles. The van der Waals surface area contributed by atoms with E-state index in [-0.39, 0.29) is 12.5 Å². The summed E-state index contributed by atoms with van der Waals surface area (Å²) in [7, 11) is 0. The predicted molar refractivity (Wildman–Crippen MR) is 86.5 cm³/mol. The fourth-order valence-electron chi connectivity index (χ4n) is 2.28. The van der Waals surface area contributed by atoms with Crippen molar-refractivity contribution in [3.05, 3.63) is 34.0 Å². The number of amides is 1. The molecule has 2 rings (SSSR count). The number of benzene rings is 1. The minimum absolute atomic E-state index is 0.165. The van der Waals surface area contributed by atoms with Crippen LogP contribution in [0, 0.1) is 6.92 Å². The van der Waals surface area contributed by atoms with Crippen LogP contribution >= 0.6 is 15.9 Å². The third-order valence-electron chi connectivity index (χ3n) is 3.47. The van der Waals surface area contributed by atoms with Crippen LogP contribution in [0.25, 0.3) is 11.0 Å². The van der Waals surface area contributed by atoms with Gasteiger partial charge in [0.15, 0.2) is 5.76 Å². The van der Waals surface area contributed by atoms with Gasteiger partial charge in [0, 0.05) is 28.6 Å². The second kappa shape index (κ2) is 7.61. The summed E-state index contributed by atoms with van der Waals surface area (Å²) in [5, 5.41) is 12.5. The lowest BCUT2D eigenvalue weighted by atomic mass is 10.1. The van der Waals surface area contributed by atoms with Crippen LogP contribution in [0.3, 0.4) is 0 Å². The SMILES string of the molecule is Cc1c(C(=O)NCCCCCCO)oc2ccc(Br)cc12. The normalized spacial score (nSPS) is 11.0. The number of hydrogen-bond donors (Lipinski definition) is 2. The molecular formula is C16H20BrNO3. The monoisotopic (exact) mass is 353 g/mol. The summed E-state index contributed by atoms with van der Waals surface area (Å²) >= 11 is 3.42. The molecule has 0 saturated carbocycles.